The molecule has 0 aromatic heterocycles. The zero-order chi connectivity index (χ0) is 11.6. The van der Waals surface area contributed by atoms with Gasteiger partial charge in [-0.1, -0.05) is 6.07 Å². The summed E-state index contributed by atoms with van der Waals surface area (Å²) in [4.78, 5) is 1.97. The zero-order valence-electron chi connectivity index (χ0n) is 9.91. The van der Waals surface area contributed by atoms with Crippen LogP contribution in [0.1, 0.15) is 19.4 Å². The maximum atomic E-state index is 9.73. The Bertz CT molecular complexity index is 342. The molecular weight excluding hydrogens is 188 g/mol. The van der Waals surface area contributed by atoms with Gasteiger partial charge in [0.05, 0.1) is 17.0 Å². The molecule has 0 aliphatic heterocycles. The molecule has 0 aliphatic carbocycles. The lowest BCUT2D eigenvalue weighted by Crippen LogP contribution is -2.36. The molecule has 0 saturated heterocycles. The Morgan fingerprint density at radius 1 is 1.40 bits per heavy atom. The van der Waals surface area contributed by atoms with Crippen LogP contribution in [0.2, 0.25) is 0 Å². The summed E-state index contributed by atoms with van der Waals surface area (Å²) in [7, 11) is 1.93. The highest BCUT2D eigenvalue weighted by Gasteiger charge is 2.17. The second-order valence-corrected chi connectivity index (χ2v) is 4.73. The van der Waals surface area contributed by atoms with Crippen molar-refractivity contribution in [3.8, 4) is 0 Å². The molecule has 0 fully saturated rings. The second kappa shape index (κ2) is 4.11. The lowest BCUT2D eigenvalue weighted by atomic mass is 10.1. The van der Waals surface area contributed by atoms with Crippen LogP contribution >= 0.6 is 0 Å². The minimum Gasteiger partial charge on any atom is -0.397 e. The minimum absolute atomic E-state index is 0.556. The summed E-state index contributed by atoms with van der Waals surface area (Å²) in [5.74, 6) is 0. The van der Waals surface area contributed by atoms with Crippen molar-refractivity contribution >= 4 is 11.4 Å². The van der Waals surface area contributed by atoms with Gasteiger partial charge in [-0.2, -0.15) is 0 Å². The SMILES string of the molecule is Cc1ccc(N)c(N(C)CC(C)(C)O)c1. The van der Waals surface area contributed by atoms with E-state index in [1.165, 1.54) is 5.56 Å². The predicted octanol–water partition coefficient (Wildman–Crippen LogP) is 1.78. The van der Waals surface area contributed by atoms with Gasteiger partial charge >= 0.3 is 0 Å². The lowest BCUT2D eigenvalue weighted by molar-refractivity contribution is 0.0886. The van der Waals surface area contributed by atoms with Crippen LogP contribution in [0.4, 0.5) is 11.4 Å². The van der Waals surface area contributed by atoms with Gasteiger partial charge in [-0.25, -0.2) is 0 Å². The highest BCUT2D eigenvalue weighted by Crippen LogP contribution is 2.24. The van der Waals surface area contributed by atoms with Gasteiger partial charge in [-0.05, 0) is 38.5 Å². The molecule has 0 aliphatic rings. The average molecular weight is 208 g/mol. The van der Waals surface area contributed by atoms with E-state index < -0.39 is 5.60 Å². The quantitative estimate of drug-likeness (QED) is 0.744. The van der Waals surface area contributed by atoms with Crippen LogP contribution in [0.25, 0.3) is 0 Å². The van der Waals surface area contributed by atoms with Crippen LogP contribution in [0.15, 0.2) is 18.2 Å². The van der Waals surface area contributed by atoms with Gasteiger partial charge in [-0.3, -0.25) is 0 Å². The molecule has 84 valence electrons. The summed E-state index contributed by atoms with van der Waals surface area (Å²) < 4.78 is 0. The van der Waals surface area contributed by atoms with Gasteiger partial charge in [0.2, 0.25) is 0 Å². The van der Waals surface area contributed by atoms with Gasteiger partial charge < -0.3 is 15.7 Å². The van der Waals surface area contributed by atoms with E-state index in [1.54, 1.807) is 13.8 Å². The maximum absolute atomic E-state index is 9.73. The first kappa shape index (κ1) is 11.9. The molecule has 0 bridgehead atoms. The lowest BCUT2D eigenvalue weighted by Gasteiger charge is -2.28. The molecule has 0 atom stereocenters. The fourth-order valence-electron chi connectivity index (χ4n) is 1.65. The fourth-order valence-corrected chi connectivity index (χ4v) is 1.65. The molecule has 3 heteroatoms. The summed E-state index contributed by atoms with van der Waals surface area (Å²) >= 11 is 0. The normalized spacial score (nSPS) is 11.5. The van der Waals surface area contributed by atoms with E-state index in [9.17, 15) is 5.11 Å². The number of likely N-dealkylation sites (N-methyl/N-ethyl adjacent to an activating group) is 1. The van der Waals surface area contributed by atoms with E-state index >= 15 is 0 Å². The van der Waals surface area contributed by atoms with Gasteiger partial charge in [0, 0.05) is 13.6 Å². The molecule has 0 heterocycles. The number of aliphatic hydroxyl groups is 1. The van der Waals surface area contributed by atoms with E-state index in [0.717, 1.165) is 11.4 Å². The van der Waals surface area contributed by atoms with Crippen molar-refractivity contribution in [2.75, 3.05) is 24.2 Å². The predicted molar refractivity (Wildman–Crippen MR) is 65.2 cm³/mol. The largest absolute Gasteiger partial charge is 0.397 e. The molecule has 3 N–H and O–H groups in total. The minimum atomic E-state index is -0.717. The second-order valence-electron chi connectivity index (χ2n) is 4.73. The van der Waals surface area contributed by atoms with Gasteiger partial charge in [-0.15, -0.1) is 0 Å². The van der Waals surface area contributed by atoms with Crippen molar-refractivity contribution in [3.05, 3.63) is 23.8 Å². The van der Waals surface area contributed by atoms with Crippen LogP contribution < -0.4 is 10.6 Å². The number of hydrogen-bond donors (Lipinski definition) is 2. The molecule has 0 saturated carbocycles. The molecule has 1 aromatic rings. The zero-order valence-corrected chi connectivity index (χ0v) is 9.91. The number of nitrogens with two attached hydrogens (primary N) is 1. The number of benzene rings is 1. The average Bonchev–Trinajstić information content (AvgIpc) is 2.06. The van der Waals surface area contributed by atoms with E-state index in [0.29, 0.717) is 6.54 Å². The topological polar surface area (TPSA) is 49.5 Å². The number of aryl methyl sites for hydroxylation is 1. The third kappa shape index (κ3) is 3.44. The van der Waals surface area contributed by atoms with Crippen molar-refractivity contribution in [2.24, 2.45) is 0 Å². The molecule has 0 radical (unpaired) electrons. The van der Waals surface area contributed by atoms with Crippen molar-refractivity contribution in [1.82, 2.24) is 0 Å². The first-order valence-electron chi connectivity index (χ1n) is 5.09. The molecule has 0 amide bonds. The molecule has 3 nitrogen and oxygen atoms in total. The van der Waals surface area contributed by atoms with E-state index in [2.05, 4.69) is 0 Å². The van der Waals surface area contributed by atoms with Crippen molar-refractivity contribution in [3.63, 3.8) is 0 Å². The monoisotopic (exact) mass is 208 g/mol. The third-order valence-electron chi connectivity index (χ3n) is 2.22. The molecule has 0 spiro atoms. The smallest absolute Gasteiger partial charge is 0.0765 e. The highest BCUT2D eigenvalue weighted by molar-refractivity contribution is 5.68. The summed E-state index contributed by atoms with van der Waals surface area (Å²) in [5, 5.41) is 9.73. The van der Waals surface area contributed by atoms with Gasteiger partial charge in [0.15, 0.2) is 0 Å². The third-order valence-corrected chi connectivity index (χ3v) is 2.22. The maximum Gasteiger partial charge on any atom is 0.0765 e. The Balaban J connectivity index is 2.90. The summed E-state index contributed by atoms with van der Waals surface area (Å²) in [5.41, 5.74) is 8.05. The number of nitrogens with zero attached hydrogens (tertiary/aromatic N) is 1. The van der Waals surface area contributed by atoms with Crippen LogP contribution in [0, 0.1) is 6.92 Å². The standard InChI is InChI=1S/C12H20N2O/c1-9-5-6-10(13)11(7-9)14(4)8-12(2,3)15/h5-7,15H,8,13H2,1-4H3. The Morgan fingerprint density at radius 2 is 2.00 bits per heavy atom. The summed E-state index contributed by atoms with van der Waals surface area (Å²) in [6, 6.07) is 5.91. The number of rotatable bonds is 3. The number of nitrogen functional groups attached to an aromatic ring is 1. The van der Waals surface area contributed by atoms with Crippen LogP contribution in [0.3, 0.4) is 0 Å². The molecule has 1 aromatic carbocycles. The van der Waals surface area contributed by atoms with Crippen LogP contribution in [-0.2, 0) is 0 Å². The summed E-state index contributed by atoms with van der Waals surface area (Å²) in [6.45, 7) is 6.16. The summed E-state index contributed by atoms with van der Waals surface area (Å²) in [6.07, 6.45) is 0. The molecule has 1 rings (SSSR count). The number of hydrogen-bond acceptors (Lipinski definition) is 3. The Hall–Kier alpha value is -1.22. The van der Waals surface area contributed by atoms with Crippen LogP contribution in [0.5, 0.6) is 0 Å². The molecule has 0 unspecified atom stereocenters. The molecule has 15 heavy (non-hydrogen) atoms. The first-order valence-corrected chi connectivity index (χ1v) is 5.09. The Labute approximate surface area is 91.5 Å². The van der Waals surface area contributed by atoms with Crippen molar-refractivity contribution in [1.29, 1.82) is 0 Å². The van der Waals surface area contributed by atoms with E-state index in [1.807, 2.05) is 37.1 Å². The van der Waals surface area contributed by atoms with Gasteiger partial charge in [0.1, 0.15) is 0 Å². The van der Waals surface area contributed by atoms with E-state index in [-0.39, 0.29) is 0 Å². The van der Waals surface area contributed by atoms with Crippen molar-refractivity contribution < 1.29 is 5.11 Å². The number of anilines is 2. The highest BCUT2D eigenvalue weighted by atomic mass is 16.3. The van der Waals surface area contributed by atoms with Crippen LogP contribution in [-0.4, -0.2) is 24.3 Å². The Morgan fingerprint density at radius 3 is 2.53 bits per heavy atom. The van der Waals surface area contributed by atoms with E-state index in [4.69, 9.17) is 5.73 Å². The fraction of sp³-hybridized carbons (Fsp3) is 0.500. The first-order chi connectivity index (χ1) is 6.79. The molecular formula is C12H20N2O. The van der Waals surface area contributed by atoms with Crippen molar-refractivity contribution in [2.45, 2.75) is 26.4 Å². The van der Waals surface area contributed by atoms with Gasteiger partial charge in [0.25, 0.3) is 0 Å². The Kier molecular flexibility index (Phi) is 3.25.